The third kappa shape index (κ3) is 8.84. The normalized spacial score (nSPS) is 11.0. The molecule has 0 aliphatic rings. The number of ether oxygens (including phenoxy) is 1. The van der Waals surface area contributed by atoms with Gasteiger partial charge in [-0.15, -0.1) is 18.3 Å². The van der Waals surface area contributed by atoms with Crippen LogP contribution in [0.15, 0.2) is 47.9 Å². The minimum Gasteiger partial charge on any atom is -0.449 e. The van der Waals surface area contributed by atoms with Crippen LogP contribution in [0.4, 0.5) is 23.7 Å². The molecular formula is C22H24ClF3N2O3S. The van der Waals surface area contributed by atoms with Gasteiger partial charge in [-0.3, -0.25) is 4.79 Å². The number of carbonyl (C=O) groups excluding carboxylic acids is 2. The Kier molecular flexibility index (Phi) is 11.7. The Balaban J connectivity index is 0.000000396. The van der Waals surface area contributed by atoms with Gasteiger partial charge >= 0.3 is 6.09 Å². The lowest BCUT2D eigenvalue weighted by Crippen LogP contribution is -2.21. The van der Waals surface area contributed by atoms with E-state index in [-0.39, 0.29) is 17.3 Å². The van der Waals surface area contributed by atoms with E-state index in [9.17, 15) is 22.8 Å². The maximum absolute atomic E-state index is 13.1. The van der Waals surface area contributed by atoms with Crippen LogP contribution < -0.4 is 10.6 Å². The predicted molar refractivity (Wildman–Crippen MR) is 122 cm³/mol. The zero-order valence-electron chi connectivity index (χ0n) is 17.8. The second-order valence-electron chi connectivity index (χ2n) is 6.54. The molecule has 1 atom stereocenters. The van der Waals surface area contributed by atoms with E-state index in [1.807, 2.05) is 13.0 Å². The van der Waals surface area contributed by atoms with Gasteiger partial charge in [0.1, 0.15) is 0 Å². The molecule has 0 aliphatic heterocycles. The van der Waals surface area contributed by atoms with Gasteiger partial charge in [0.15, 0.2) is 17.5 Å². The number of halogens is 4. The molecule has 2 aromatic rings. The van der Waals surface area contributed by atoms with Gasteiger partial charge in [-0.1, -0.05) is 24.6 Å². The average molecular weight is 489 g/mol. The van der Waals surface area contributed by atoms with Crippen LogP contribution in [0.3, 0.4) is 0 Å². The first kappa shape index (κ1) is 27.4. The fourth-order valence-electron chi connectivity index (χ4n) is 2.27. The Labute approximate surface area is 194 Å². The highest BCUT2D eigenvalue weighted by atomic mass is 35.5. The standard InChI is InChI=1S/C14H9ClF3NOS.C8H15NO2/c1-21-12-4-7(2-3-9(12)15)14(20)19-8-5-10(16)13(18)11(17)6-8;1-4-5-7(2)6-11-8(10)9-3/h2-6H,1H3,(H,19,20);4,7H,1,5-6H2,2-3H3,(H,9,10). The number of amides is 2. The number of benzene rings is 2. The summed E-state index contributed by atoms with van der Waals surface area (Å²) in [7, 11) is 1.54. The van der Waals surface area contributed by atoms with Crippen LogP contribution in [0.5, 0.6) is 0 Å². The highest BCUT2D eigenvalue weighted by molar-refractivity contribution is 7.98. The Morgan fingerprint density at radius 2 is 1.84 bits per heavy atom. The van der Waals surface area contributed by atoms with Gasteiger partial charge in [-0.05, 0) is 36.8 Å². The number of rotatable bonds is 7. The van der Waals surface area contributed by atoms with E-state index in [1.165, 1.54) is 17.8 Å². The summed E-state index contributed by atoms with van der Waals surface area (Å²) in [6.07, 6.45) is 4.11. The average Bonchev–Trinajstić information content (AvgIpc) is 2.76. The van der Waals surface area contributed by atoms with Gasteiger partial charge in [0, 0.05) is 35.3 Å². The first-order valence-electron chi connectivity index (χ1n) is 9.37. The zero-order valence-corrected chi connectivity index (χ0v) is 19.4. The first-order chi connectivity index (χ1) is 15.1. The van der Waals surface area contributed by atoms with Crippen LogP contribution in [0.1, 0.15) is 23.7 Å². The summed E-state index contributed by atoms with van der Waals surface area (Å²) in [5, 5.41) is 5.17. The molecule has 0 spiro atoms. The van der Waals surface area contributed by atoms with E-state index in [4.69, 9.17) is 16.3 Å². The van der Waals surface area contributed by atoms with Gasteiger partial charge in [0.2, 0.25) is 0 Å². The molecule has 2 rings (SSSR count). The second kappa shape index (κ2) is 13.7. The summed E-state index contributed by atoms with van der Waals surface area (Å²) >= 11 is 7.29. The van der Waals surface area contributed by atoms with E-state index < -0.39 is 23.4 Å². The third-order valence-electron chi connectivity index (χ3n) is 3.93. The molecule has 0 radical (unpaired) electrons. The first-order valence-corrected chi connectivity index (χ1v) is 11.0. The van der Waals surface area contributed by atoms with Crippen molar-refractivity contribution in [3.8, 4) is 0 Å². The quantitative estimate of drug-likeness (QED) is 0.273. The SMILES string of the molecule is C=CCC(C)COC(=O)NC.CSc1cc(C(=O)Nc2cc(F)c(F)c(F)c2)ccc1Cl. The van der Waals surface area contributed by atoms with Crippen molar-refractivity contribution < 1.29 is 27.5 Å². The van der Waals surface area contributed by atoms with Crippen LogP contribution in [0, 0.1) is 23.4 Å². The van der Waals surface area contributed by atoms with Crippen molar-refractivity contribution in [3.63, 3.8) is 0 Å². The summed E-state index contributed by atoms with van der Waals surface area (Å²) in [5.41, 5.74) is 0.103. The molecule has 0 saturated heterocycles. The lowest BCUT2D eigenvalue weighted by atomic mass is 10.1. The van der Waals surface area contributed by atoms with Crippen molar-refractivity contribution in [2.75, 3.05) is 25.2 Å². The molecule has 0 heterocycles. The van der Waals surface area contributed by atoms with E-state index in [2.05, 4.69) is 17.2 Å². The van der Waals surface area contributed by atoms with E-state index in [0.717, 1.165) is 6.42 Å². The van der Waals surface area contributed by atoms with Crippen LogP contribution >= 0.6 is 23.4 Å². The molecule has 1 unspecified atom stereocenters. The maximum Gasteiger partial charge on any atom is 0.406 e. The molecule has 0 aliphatic carbocycles. The number of hydrogen-bond acceptors (Lipinski definition) is 4. The van der Waals surface area contributed by atoms with Gasteiger partial charge < -0.3 is 15.4 Å². The number of allylic oxidation sites excluding steroid dienone is 1. The number of alkyl carbamates (subject to hydrolysis) is 1. The number of carbonyl (C=O) groups is 2. The molecule has 0 aromatic heterocycles. The van der Waals surface area contributed by atoms with E-state index in [0.29, 0.717) is 34.6 Å². The molecule has 5 nitrogen and oxygen atoms in total. The third-order valence-corrected chi connectivity index (χ3v) is 5.15. The second-order valence-corrected chi connectivity index (χ2v) is 7.79. The molecule has 174 valence electrons. The summed E-state index contributed by atoms with van der Waals surface area (Å²) in [5.74, 6) is -4.54. The molecule has 2 aromatic carbocycles. The van der Waals surface area contributed by atoms with Crippen LogP contribution in [-0.2, 0) is 4.74 Å². The minimum absolute atomic E-state index is 0.169. The molecule has 2 amide bonds. The van der Waals surface area contributed by atoms with E-state index in [1.54, 1.807) is 25.4 Å². The number of anilines is 1. The molecule has 10 heteroatoms. The summed E-state index contributed by atoms with van der Waals surface area (Å²) < 4.78 is 43.8. The minimum atomic E-state index is -1.58. The van der Waals surface area contributed by atoms with Crippen LogP contribution in [-0.4, -0.2) is 31.9 Å². The summed E-state index contributed by atoms with van der Waals surface area (Å²) in [4.78, 5) is 23.3. The van der Waals surface area contributed by atoms with Crippen LogP contribution in [0.25, 0.3) is 0 Å². The molecular weight excluding hydrogens is 465 g/mol. The molecule has 0 saturated carbocycles. The molecule has 0 bridgehead atoms. The lowest BCUT2D eigenvalue weighted by Gasteiger charge is -2.08. The number of hydrogen-bond donors (Lipinski definition) is 2. The van der Waals surface area contributed by atoms with Crippen molar-refractivity contribution in [1.29, 1.82) is 0 Å². The van der Waals surface area contributed by atoms with E-state index >= 15 is 0 Å². The van der Waals surface area contributed by atoms with Crippen molar-refractivity contribution in [3.05, 3.63) is 71.0 Å². The Morgan fingerprint density at radius 1 is 1.22 bits per heavy atom. The van der Waals surface area contributed by atoms with Crippen molar-refractivity contribution in [2.24, 2.45) is 5.92 Å². The monoisotopic (exact) mass is 488 g/mol. The molecule has 0 fully saturated rings. The lowest BCUT2D eigenvalue weighted by molar-refractivity contribution is 0.102. The van der Waals surface area contributed by atoms with Gasteiger partial charge in [0.25, 0.3) is 5.91 Å². The summed E-state index contributed by atoms with van der Waals surface area (Å²) in [6.45, 7) is 6.05. The Morgan fingerprint density at radius 3 is 2.38 bits per heavy atom. The van der Waals surface area contributed by atoms with Gasteiger partial charge in [-0.2, -0.15) is 0 Å². The molecule has 2 N–H and O–H groups in total. The van der Waals surface area contributed by atoms with Crippen molar-refractivity contribution >= 4 is 41.1 Å². The Hall–Kier alpha value is -2.65. The van der Waals surface area contributed by atoms with Crippen molar-refractivity contribution in [1.82, 2.24) is 5.32 Å². The fraction of sp³-hybridized carbons (Fsp3) is 0.273. The predicted octanol–water partition coefficient (Wildman–Crippen LogP) is 6.29. The number of nitrogens with one attached hydrogen (secondary N) is 2. The highest BCUT2D eigenvalue weighted by Crippen LogP contribution is 2.26. The van der Waals surface area contributed by atoms with Crippen molar-refractivity contribution in [2.45, 2.75) is 18.2 Å². The van der Waals surface area contributed by atoms with Gasteiger partial charge in [0.05, 0.1) is 11.6 Å². The maximum atomic E-state index is 13.1. The molecule has 32 heavy (non-hydrogen) atoms. The van der Waals surface area contributed by atoms with Crippen LogP contribution in [0.2, 0.25) is 5.02 Å². The fourth-order valence-corrected chi connectivity index (χ4v) is 3.13. The number of thioether (sulfide) groups is 1. The summed E-state index contributed by atoms with van der Waals surface area (Å²) in [6, 6.07) is 6.00. The smallest absolute Gasteiger partial charge is 0.406 e. The highest BCUT2D eigenvalue weighted by Gasteiger charge is 2.14. The Bertz CT molecular complexity index is 937. The topological polar surface area (TPSA) is 67.4 Å². The van der Waals surface area contributed by atoms with Gasteiger partial charge in [-0.25, -0.2) is 18.0 Å². The zero-order chi connectivity index (χ0) is 24.3. The largest absolute Gasteiger partial charge is 0.449 e.